The second-order valence-electron chi connectivity index (χ2n) is 9.30. The lowest BCUT2D eigenvalue weighted by atomic mass is 10.1. The third kappa shape index (κ3) is 10.7. The molecule has 0 radical (unpaired) electrons. The SMILES string of the molecule is CCCCCCCCCC(=O)Oc1ccc(OC(=O)CCCCCCCCC)c2ccccc12. The van der Waals surface area contributed by atoms with Crippen molar-refractivity contribution in [1.82, 2.24) is 0 Å². The number of ether oxygens (including phenoxy) is 2. The predicted molar refractivity (Wildman–Crippen MR) is 140 cm³/mol. The van der Waals surface area contributed by atoms with Crippen molar-refractivity contribution in [2.45, 2.75) is 117 Å². The number of rotatable bonds is 18. The summed E-state index contributed by atoms with van der Waals surface area (Å²) in [6.07, 6.45) is 17.2. The Kier molecular flexibility index (Phi) is 14.0. The summed E-state index contributed by atoms with van der Waals surface area (Å²) in [4.78, 5) is 24.8. The summed E-state index contributed by atoms with van der Waals surface area (Å²) in [5.41, 5.74) is 0. The summed E-state index contributed by atoms with van der Waals surface area (Å²) < 4.78 is 11.3. The molecular formula is C30H44O4. The first kappa shape index (κ1) is 27.9. The van der Waals surface area contributed by atoms with Crippen LogP contribution >= 0.6 is 0 Å². The molecule has 0 atom stereocenters. The van der Waals surface area contributed by atoms with Gasteiger partial charge in [-0.3, -0.25) is 9.59 Å². The van der Waals surface area contributed by atoms with Crippen LogP contribution in [0.25, 0.3) is 10.8 Å². The van der Waals surface area contributed by atoms with Crippen molar-refractivity contribution in [3.8, 4) is 11.5 Å². The molecule has 34 heavy (non-hydrogen) atoms. The highest BCUT2D eigenvalue weighted by Crippen LogP contribution is 2.33. The van der Waals surface area contributed by atoms with Gasteiger partial charge >= 0.3 is 11.9 Å². The average molecular weight is 469 g/mol. The monoisotopic (exact) mass is 468 g/mol. The quantitative estimate of drug-likeness (QED) is 0.124. The van der Waals surface area contributed by atoms with Crippen LogP contribution in [0.1, 0.15) is 117 Å². The van der Waals surface area contributed by atoms with E-state index in [0.717, 1.165) is 36.5 Å². The largest absolute Gasteiger partial charge is 0.426 e. The molecule has 4 heteroatoms. The van der Waals surface area contributed by atoms with Crippen LogP contribution in [0.2, 0.25) is 0 Å². The molecular weight excluding hydrogens is 424 g/mol. The first-order valence-corrected chi connectivity index (χ1v) is 13.6. The lowest BCUT2D eigenvalue weighted by Crippen LogP contribution is -2.09. The van der Waals surface area contributed by atoms with Gasteiger partial charge in [-0.25, -0.2) is 0 Å². The van der Waals surface area contributed by atoms with Gasteiger partial charge in [0.25, 0.3) is 0 Å². The number of hydrogen-bond acceptors (Lipinski definition) is 4. The Morgan fingerprint density at radius 3 is 1.26 bits per heavy atom. The van der Waals surface area contributed by atoms with Crippen LogP contribution in [0, 0.1) is 0 Å². The van der Waals surface area contributed by atoms with E-state index in [0.29, 0.717) is 24.3 Å². The number of unbranched alkanes of at least 4 members (excludes halogenated alkanes) is 12. The zero-order valence-electron chi connectivity index (χ0n) is 21.4. The molecule has 0 bridgehead atoms. The Morgan fingerprint density at radius 1 is 0.529 bits per heavy atom. The molecule has 0 spiro atoms. The molecule has 2 rings (SSSR count). The van der Waals surface area contributed by atoms with Crippen molar-refractivity contribution >= 4 is 22.7 Å². The molecule has 0 aliphatic carbocycles. The molecule has 0 amide bonds. The maximum Gasteiger partial charge on any atom is 0.311 e. The van der Waals surface area contributed by atoms with Crippen LogP contribution in [0.5, 0.6) is 11.5 Å². The van der Waals surface area contributed by atoms with Gasteiger partial charge in [0.05, 0.1) is 0 Å². The van der Waals surface area contributed by atoms with E-state index in [1.807, 2.05) is 24.3 Å². The van der Waals surface area contributed by atoms with Crippen molar-refractivity contribution in [2.75, 3.05) is 0 Å². The maximum absolute atomic E-state index is 12.4. The lowest BCUT2D eigenvalue weighted by Gasteiger charge is -2.12. The fraction of sp³-hybridized carbons (Fsp3) is 0.600. The van der Waals surface area contributed by atoms with E-state index in [1.54, 1.807) is 12.1 Å². The minimum absolute atomic E-state index is 0.206. The molecule has 2 aromatic carbocycles. The van der Waals surface area contributed by atoms with E-state index in [9.17, 15) is 9.59 Å². The molecule has 0 aromatic heterocycles. The Labute approximate surface area is 206 Å². The van der Waals surface area contributed by atoms with Gasteiger partial charge in [-0.15, -0.1) is 0 Å². The van der Waals surface area contributed by atoms with Crippen LogP contribution in [-0.2, 0) is 9.59 Å². The van der Waals surface area contributed by atoms with E-state index in [1.165, 1.54) is 64.2 Å². The summed E-state index contributed by atoms with van der Waals surface area (Å²) in [6.45, 7) is 4.43. The van der Waals surface area contributed by atoms with E-state index in [-0.39, 0.29) is 11.9 Å². The highest BCUT2D eigenvalue weighted by molar-refractivity contribution is 5.96. The van der Waals surface area contributed by atoms with Gasteiger partial charge in [-0.05, 0) is 25.0 Å². The zero-order chi connectivity index (χ0) is 24.4. The molecule has 0 aliphatic heterocycles. The molecule has 0 saturated heterocycles. The number of hydrogen-bond donors (Lipinski definition) is 0. The summed E-state index contributed by atoms with van der Waals surface area (Å²) >= 11 is 0. The number of esters is 2. The smallest absolute Gasteiger partial charge is 0.311 e. The van der Waals surface area contributed by atoms with Crippen molar-refractivity contribution in [2.24, 2.45) is 0 Å². The second-order valence-corrected chi connectivity index (χ2v) is 9.30. The number of benzene rings is 2. The number of carbonyl (C=O) groups excluding carboxylic acids is 2. The topological polar surface area (TPSA) is 52.6 Å². The molecule has 0 heterocycles. The van der Waals surface area contributed by atoms with E-state index < -0.39 is 0 Å². The Bertz CT molecular complexity index is 788. The van der Waals surface area contributed by atoms with Crippen molar-refractivity contribution in [3.63, 3.8) is 0 Å². The molecule has 4 nitrogen and oxygen atoms in total. The van der Waals surface area contributed by atoms with Crippen LogP contribution < -0.4 is 9.47 Å². The Morgan fingerprint density at radius 2 is 0.882 bits per heavy atom. The molecule has 0 N–H and O–H groups in total. The molecule has 2 aromatic rings. The second kappa shape index (κ2) is 17.1. The van der Waals surface area contributed by atoms with Gasteiger partial charge in [0, 0.05) is 23.6 Å². The van der Waals surface area contributed by atoms with Gasteiger partial charge in [-0.2, -0.15) is 0 Å². The summed E-state index contributed by atoms with van der Waals surface area (Å²) in [7, 11) is 0. The first-order valence-electron chi connectivity index (χ1n) is 13.6. The zero-order valence-corrected chi connectivity index (χ0v) is 21.4. The van der Waals surface area contributed by atoms with Crippen molar-refractivity contribution in [3.05, 3.63) is 36.4 Å². The van der Waals surface area contributed by atoms with Crippen molar-refractivity contribution < 1.29 is 19.1 Å². The van der Waals surface area contributed by atoms with E-state index >= 15 is 0 Å². The first-order chi connectivity index (χ1) is 16.7. The summed E-state index contributed by atoms with van der Waals surface area (Å²) in [6, 6.07) is 11.1. The Balaban J connectivity index is 1.82. The minimum atomic E-state index is -0.206. The highest BCUT2D eigenvalue weighted by Gasteiger charge is 2.13. The van der Waals surface area contributed by atoms with Gasteiger partial charge in [0.1, 0.15) is 11.5 Å². The Hall–Kier alpha value is -2.36. The number of carbonyl (C=O) groups is 2. The lowest BCUT2D eigenvalue weighted by molar-refractivity contribution is -0.135. The molecule has 188 valence electrons. The van der Waals surface area contributed by atoms with Gasteiger partial charge < -0.3 is 9.47 Å². The standard InChI is InChI=1S/C30H44O4/c1-3-5-7-9-11-13-15-21-29(31)33-27-23-24-28(26-20-18-17-19-25(26)27)34-30(32)22-16-14-12-10-8-6-4-2/h17-20,23-24H,3-16,21-22H2,1-2H3. The maximum atomic E-state index is 12.4. The normalized spacial score (nSPS) is 11.0. The van der Waals surface area contributed by atoms with Crippen LogP contribution in [0.4, 0.5) is 0 Å². The van der Waals surface area contributed by atoms with E-state index in [2.05, 4.69) is 13.8 Å². The minimum Gasteiger partial charge on any atom is -0.426 e. The predicted octanol–water partition coefficient (Wildman–Crippen LogP) is 8.93. The highest BCUT2D eigenvalue weighted by atomic mass is 16.5. The van der Waals surface area contributed by atoms with Crippen LogP contribution in [0.15, 0.2) is 36.4 Å². The fourth-order valence-corrected chi connectivity index (χ4v) is 4.22. The van der Waals surface area contributed by atoms with Crippen LogP contribution in [-0.4, -0.2) is 11.9 Å². The van der Waals surface area contributed by atoms with Crippen molar-refractivity contribution in [1.29, 1.82) is 0 Å². The summed E-state index contributed by atoms with van der Waals surface area (Å²) in [5, 5.41) is 1.58. The molecule has 0 aliphatic rings. The van der Waals surface area contributed by atoms with Gasteiger partial charge in [-0.1, -0.05) is 115 Å². The fourth-order valence-electron chi connectivity index (χ4n) is 4.22. The number of fused-ring (bicyclic) bond motifs is 1. The molecule has 0 saturated carbocycles. The van der Waals surface area contributed by atoms with E-state index in [4.69, 9.17) is 9.47 Å². The average Bonchev–Trinajstić information content (AvgIpc) is 2.84. The van der Waals surface area contributed by atoms with Gasteiger partial charge in [0.2, 0.25) is 0 Å². The van der Waals surface area contributed by atoms with Crippen LogP contribution in [0.3, 0.4) is 0 Å². The third-order valence-corrected chi connectivity index (χ3v) is 6.26. The molecule has 0 fully saturated rings. The van der Waals surface area contributed by atoms with Gasteiger partial charge in [0.15, 0.2) is 0 Å². The summed E-state index contributed by atoms with van der Waals surface area (Å²) in [5.74, 6) is 0.635. The molecule has 0 unspecified atom stereocenters. The third-order valence-electron chi connectivity index (χ3n) is 6.26.